The maximum atomic E-state index is 11.8. The molecular weight excluding hydrogens is 248 g/mol. The lowest BCUT2D eigenvalue weighted by Gasteiger charge is -2.08. The minimum absolute atomic E-state index is 0.0880. The van der Waals surface area contributed by atoms with E-state index in [4.69, 9.17) is 5.73 Å². The number of rotatable bonds is 6. The van der Waals surface area contributed by atoms with Gasteiger partial charge in [0.1, 0.15) is 0 Å². The van der Waals surface area contributed by atoms with Crippen molar-refractivity contribution in [3.63, 3.8) is 0 Å². The van der Waals surface area contributed by atoms with E-state index in [-0.39, 0.29) is 5.91 Å². The molecule has 3 heteroatoms. The van der Waals surface area contributed by atoms with E-state index in [1.807, 2.05) is 25.1 Å². The van der Waals surface area contributed by atoms with E-state index < -0.39 is 0 Å². The highest BCUT2D eigenvalue weighted by Gasteiger charge is 2.04. The Morgan fingerprint density at radius 1 is 1.30 bits per heavy atom. The van der Waals surface area contributed by atoms with Crippen molar-refractivity contribution in [1.29, 1.82) is 0 Å². The van der Waals surface area contributed by atoms with Gasteiger partial charge in [-0.1, -0.05) is 38.0 Å². The molecule has 0 radical (unpaired) electrons. The van der Waals surface area contributed by atoms with Gasteiger partial charge in [0, 0.05) is 17.7 Å². The molecule has 0 aliphatic rings. The second-order valence-corrected chi connectivity index (χ2v) is 4.89. The van der Waals surface area contributed by atoms with Crippen LogP contribution in [0, 0.1) is 18.8 Å². The van der Waals surface area contributed by atoms with Crippen LogP contribution in [0.15, 0.2) is 18.2 Å². The van der Waals surface area contributed by atoms with Crippen molar-refractivity contribution in [1.82, 2.24) is 0 Å². The highest BCUT2D eigenvalue weighted by molar-refractivity contribution is 5.91. The van der Waals surface area contributed by atoms with Crippen molar-refractivity contribution in [2.24, 2.45) is 5.73 Å². The molecule has 1 aromatic carbocycles. The molecule has 0 saturated heterocycles. The van der Waals surface area contributed by atoms with Crippen LogP contribution < -0.4 is 11.1 Å². The van der Waals surface area contributed by atoms with Crippen LogP contribution in [0.2, 0.25) is 0 Å². The van der Waals surface area contributed by atoms with Gasteiger partial charge in [-0.2, -0.15) is 0 Å². The summed E-state index contributed by atoms with van der Waals surface area (Å²) < 4.78 is 0. The topological polar surface area (TPSA) is 55.1 Å². The average molecular weight is 272 g/mol. The quantitative estimate of drug-likeness (QED) is 0.617. The second-order valence-electron chi connectivity index (χ2n) is 4.89. The van der Waals surface area contributed by atoms with Gasteiger partial charge < -0.3 is 11.1 Å². The number of nitrogens with one attached hydrogen (secondary N) is 1. The maximum absolute atomic E-state index is 11.8. The van der Waals surface area contributed by atoms with Gasteiger partial charge in [0.25, 0.3) is 0 Å². The minimum atomic E-state index is 0.0880. The normalized spacial score (nSPS) is 9.75. The zero-order chi connectivity index (χ0) is 14.8. The third-order valence-electron chi connectivity index (χ3n) is 3.09. The summed E-state index contributed by atoms with van der Waals surface area (Å²) in [6, 6.07) is 5.78. The first kappa shape index (κ1) is 16.3. The molecule has 0 spiro atoms. The molecule has 1 amide bonds. The second kappa shape index (κ2) is 9.17. The molecule has 3 N–H and O–H groups in total. The van der Waals surface area contributed by atoms with E-state index in [2.05, 4.69) is 24.1 Å². The molecule has 0 saturated carbocycles. The summed E-state index contributed by atoms with van der Waals surface area (Å²) in [5.74, 6) is 5.90. The van der Waals surface area contributed by atoms with Crippen LogP contribution in [0.3, 0.4) is 0 Å². The van der Waals surface area contributed by atoms with Crippen LogP contribution in [0.25, 0.3) is 0 Å². The van der Waals surface area contributed by atoms with Gasteiger partial charge in [0.15, 0.2) is 0 Å². The fourth-order valence-electron chi connectivity index (χ4n) is 1.96. The molecule has 20 heavy (non-hydrogen) atoms. The molecule has 0 atom stereocenters. The average Bonchev–Trinajstić information content (AvgIpc) is 2.44. The van der Waals surface area contributed by atoms with E-state index in [0.29, 0.717) is 13.0 Å². The van der Waals surface area contributed by atoms with Crippen LogP contribution >= 0.6 is 0 Å². The largest absolute Gasteiger partial charge is 0.326 e. The van der Waals surface area contributed by atoms with E-state index in [1.165, 1.54) is 12.8 Å². The fraction of sp³-hybridized carbons (Fsp3) is 0.471. The number of hydrogen-bond donors (Lipinski definition) is 2. The molecule has 0 bridgehead atoms. The molecule has 0 aromatic heterocycles. The van der Waals surface area contributed by atoms with Crippen molar-refractivity contribution in [3.05, 3.63) is 29.3 Å². The number of carbonyl (C=O) groups excluding carboxylic acids is 1. The van der Waals surface area contributed by atoms with E-state index in [0.717, 1.165) is 29.7 Å². The number of benzene rings is 1. The smallest absolute Gasteiger partial charge is 0.224 e. The van der Waals surface area contributed by atoms with Gasteiger partial charge in [-0.05, 0) is 37.1 Å². The van der Waals surface area contributed by atoms with Crippen molar-refractivity contribution in [3.8, 4) is 11.8 Å². The molecule has 3 nitrogen and oxygen atoms in total. The third-order valence-corrected chi connectivity index (χ3v) is 3.09. The van der Waals surface area contributed by atoms with Crippen LogP contribution in [0.5, 0.6) is 0 Å². The SMILES string of the molecule is CCCCCCC(=O)Nc1ccc(C#CCN)cc1C. The van der Waals surface area contributed by atoms with Crippen molar-refractivity contribution in [2.45, 2.75) is 46.0 Å². The summed E-state index contributed by atoms with van der Waals surface area (Å²) in [5, 5.41) is 2.96. The van der Waals surface area contributed by atoms with Gasteiger partial charge in [-0.15, -0.1) is 0 Å². The highest BCUT2D eigenvalue weighted by atomic mass is 16.1. The highest BCUT2D eigenvalue weighted by Crippen LogP contribution is 2.16. The number of nitrogens with two attached hydrogens (primary N) is 1. The van der Waals surface area contributed by atoms with Crippen molar-refractivity contribution in [2.75, 3.05) is 11.9 Å². The summed E-state index contributed by atoms with van der Waals surface area (Å²) in [4.78, 5) is 11.8. The Hall–Kier alpha value is -1.79. The Bertz CT molecular complexity index is 497. The summed E-state index contributed by atoms with van der Waals surface area (Å²) >= 11 is 0. The van der Waals surface area contributed by atoms with Crippen molar-refractivity contribution < 1.29 is 4.79 Å². The van der Waals surface area contributed by atoms with E-state index in [1.54, 1.807) is 0 Å². The third kappa shape index (κ3) is 5.90. The van der Waals surface area contributed by atoms with Crippen LogP contribution in [0.1, 0.15) is 50.2 Å². The Morgan fingerprint density at radius 2 is 2.10 bits per heavy atom. The predicted molar refractivity (Wildman–Crippen MR) is 84.5 cm³/mol. The zero-order valence-electron chi connectivity index (χ0n) is 12.5. The first-order valence-corrected chi connectivity index (χ1v) is 7.26. The standard InChI is InChI=1S/C17H24N2O/c1-3-4-5-6-9-17(20)19-16-11-10-15(8-7-12-18)13-14(16)2/h10-11,13H,3-6,9,12,18H2,1-2H3,(H,19,20). The molecule has 0 aliphatic carbocycles. The molecule has 1 rings (SSSR count). The Kier molecular flexibility index (Phi) is 7.46. The Balaban J connectivity index is 2.53. The fourth-order valence-corrected chi connectivity index (χ4v) is 1.96. The summed E-state index contributed by atoms with van der Waals surface area (Å²) in [6.07, 6.45) is 5.05. The lowest BCUT2D eigenvalue weighted by atomic mass is 10.1. The van der Waals surface area contributed by atoms with Crippen LogP contribution in [0.4, 0.5) is 5.69 Å². The number of anilines is 1. The summed E-state index contributed by atoms with van der Waals surface area (Å²) in [7, 11) is 0. The lowest BCUT2D eigenvalue weighted by molar-refractivity contribution is -0.116. The predicted octanol–water partition coefficient (Wildman–Crippen LogP) is 3.21. The molecular formula is C17H24N2O. The molecule has 1 aromatic rings. The number of unbranched alkanes of at least 4 members (excludes halogenated alkanes) is 3. The van der Waals surface area contributed by atoms with E-state index in [9.17, 15) is 4.79 Å². The molecule has 0 unspecified atom stereocenters. The van der Waals surface area contributed by atoms with Gasteiger partial charge in [-0.3, -0.25) is 4.79 Å². The Labute approximate surface area is 121 Å². The molecule has 0 fully saturated rings. The number of aryl methyl sites for hydroxylation is 1. The summed E-state index contributed by atoms with van der Waals surface area (Å²) in [5.41, 5.74) is 8.16. The van der Waals surface area contributed by atoms with E-state index >= 15 is 0 Å². The number of amides is 1. The molecule has 108 valence electrons. The van der Waals surface area contributed by atoms with Gasteiger partial charge >= 0.3 is 0 Å². The summed E-state index contributed by atoms with van der Waals surface area (Å²) in [6.45, 7) is 4.49. The number of hydrogen-bond acceptors (Lipinski definition) is 2. The lowest BCUT2D eigenvalue weighted by Crippen LogP contribution is -2.12. The molecule has 0 aliphatic heterocycles. The van der Waals surface area contributed by atoms with Crippen molar-refractivity contribution >= 4 is 11.6 Å². The van der Waals surface area contributed by atoms with Crippen LogP contribution in [-0.4, -0.2) is 12.5 Å². The Morgan fingerprint density at radius 3 is 2.75 bits per heavy atom. The van der Waals surface area contributed by atoms with Gasteiger partial charge in [0.05, 0.1) is 6.54 Å². The molecule has 0 heterocycles. The number of carbonyl (C=O) groups is 1. The monoisotopic (exact) mass is 272 g/mol. The maximum Gasteiger partial charge on any atom is 0.224 e. The zero-order valence-corrected chi connectivity index (χ0v) is 12.5. The first-order valence-electron chi connectivity index (χ1n) is 7.26. The van der Waals surface area contributed by atoms with Crippen LogP contribution in [-0.2, 0) is 4.79 Å². The first-order chi connectivity index (χ1) is 9.67. The van der Waals surface area contributed by atoms with Gasteiger partial charge in [0.2, 0.25) is 5.91 Å². The van der Waals surface area contributed by atoms with Gasteiger partial charge in [-0.25, -0.2) is 0 Å². The minimum Gasteiger partial charge on any atom is -0.326 e.